The maximum absolute atomic E-state index is 9.05. The first-order valence-electron chi connectivity index (χ1n) is 4.70. The van der Waals surface area contributed by atoms with E-state index in [1.54, 1.807) is 18.4 Å². The molecule has 1 heterocycles. The maximum atomic E-state index is 9.05. The second kappa shape index (κ2) is 4.01. The number of nitriles is 1. The van der Waals surface area contributed by atoms with Crippen LogP contribution in [0, 0.1) is 11.3 Å². The monoisotopic (exact) mass is 217 g/mol. The Morgan fingerprint density at radius 1 is 1.47 bits per heavy atom. The summed E-state index contributed by atoms with van der Waals surface area (Å²) < 4.78 is 6.31. The minimum absolute atomic E-state index is 0.0291. The molecule has 2 rings (SSSR count). The lowest BCUT2D eigenvalue weighted by atomic mass is 10.0. The third-order valence-corrected chi connectivity index (χ3v) is 3.48. The molecule has 3 heteroatoms. The number of ether oxygens (including phenoxy) is 1. The van der Waals surface area contributed by atoms with Crippen LogP contribution in [0.3, 0.4) is 0 Å². The summed E-state index contributed by atoms with van der Waals surface area (Å²) in [5.41, 5.74) is 1.79. The fourth-order valence-corrected chi connectivity index (χ4v) is 2.40. The van der Waals surface area contributed by atoms with Crippen LogP contribution in [0.2, 0.25) is 0 Å². The first-order chi connectivity index (χ1) is 7.26. The fourth-order valence-electron chi connectivity index (χ4n) is 1.56. The number of fused-ring (bicyclic) bond motifs is 1. The van der Waals surface area contributed by atoms with Crippen LogP contribution in [-0.2, 0) is 4.74 Å². The summed E-state index contributed by atoms with van der Waals surface area (Å²) >= 11 is 1.60. The van der Waals surface area contributed by atoms with Gasteiger partial charge < -0.3 is 4.74 Å². The lowest BCUT2D eigenvalue weighted by Crippen LogP contribution is -1.96. The molecule has 0 bridgehead atoms. The first kappa shape index (κ1) is 10.2. The molecule has 1 aromatic heterocycles. The van der Waals surface area contributed by atoms with Crippen molar-refractivity contribution in [3.63, 3.8) is 0 Å². The summed E-state index contributed by atoms with van der Waals surface area (Å²) in [6.07, 6.45) is 0.0291. The second-order valence-corrected chi connectivity index (χ2v) is 4.31. The van der Waals surface area contributed by atoms with Gasteiger partial charge in [0.1, 0.15) is 6.07 Å². The summed E-state index contributed by atoms with van der Waals surface area (Å²) in [5.74, 6) is 0. The summed E-state index contributed by atoms with van der Waals surface area (Å²) in [6.45, 7) is 1.98. The Morgan fingerprint density at radius 2 is 2.27 bits per heavy atom. The summed E-state index contributed by atoms with van der Waals surface area (Å²) in [4.78, 5) is 0. The molecule has 1 aromatic carbocycles. The highest BCUT2D eigenvalue weighted by molar-refractivity contribution is 7.17. The number of thiophene rings is 1. The molecule has 0 spiro atoms. The van der Waals surface area contributed by atoms with Gasteiger partial charge in [0.15, 0.2) is 0 Å². The predicted molar refractivity (Wildman–Crippen MR) is 62.0 cm³/mol. The van der Waals surface area contributed by atoms with Gasteiger partial charge in [-0.05, 0) is 41.5 Å². The highest BCUT2D eigenvalue weighted by atomic mass is 32.1. The molecule has 0 aliphatic heterocycles. The maximum Gasteiger partial charge on any atom is 0.101 e. The van der Waals surface area contributed by atoms with Crippen LogP contribution >= 0.6 is 11.3 Å². The summed E-state index contributed by atoms with van der Waals surface area (Å²) in [7, 11) is 1.68. The standard InChI is InChI=1S/C12H11NOS/c1-8(14-2)10-5-9-3-4-15-12(9)11(6-10)7-13/h3-6,8H,1-2H3. The van der Waals surface area contributed by atoms with Crippen molar-refractivity contribution < 1.29 is 4.74 Å². The normalized spacial score (nSPS) is 12.6. The zero-order chi connectivity index (χ0) is 10.8. The van der Waals surface area contributed by atoms with Gasteiger partial charge in [0.25, 0.3) is 0 Å². The van der Waals surface area contributed by atoms with Crippen molar-refractivity contribution in [2.45, 2.75) is 13.0 Å². The van der Waals surface area contributed by atoms with E-state index >= 15 is 0 Å². The molecule has 2 aromatic rings. The van der Waals surface area contributed by atoms with E-state index < -0.39 is 0 Å². The second-order valence-electron chi connectivity index (χ2n) is 3.40. The fraction of sp³-hybridized carbons (Fsp3) is 0.250. The molecule has 1 unspecified atom stereocenters. The minimum Gasteiger partial charge on any atom is -0.377 e. The van der Waals surface area contributed by atoms with Gasteiger partial charge in [-0.15, -0.1) is 11.3 Å². The number of nitrogens with zero attached hydrogens (tertiary/aromatic N) is 1. The van der Waals surface area contributed by atoms with Crippen molar-refractivity contribution in [1.29, 1.82) is 5.26 Å². The molecule has 0 fully saturated rings. The zero-order valence-electron chi connectivity index (χ0n) is 8.65. The molecule has 2 nitrogen and oxygen atoms in total. The van der Waals surface area contributed by atoms with E-state index in [0.29, 0.717) is 0 Å². The van der Waals surface area contributed by atoms with Gasteiger partial charge >= 0.3 is 0 Å². The summed E-state index contributed by atoms with van der Waals surface area (Å²) in [6, 6.07) is 8.26. The van der Waals surface area contributed by atoms with Crippen LogP contribution in [0.5, 0.6) is 0 Å². The van der Waals surface area contributed by atoms with E-state index in [2.05, 4.69) is 12.1 Å². The number of rotatable bonds is 2. The van der Waals surface area contributed by atoms with Gasteiger partial charge in [-0.3, -0.25) is 0 Å². The highest BCUT2D eigenvalue weighted by Crippen LogP contribution is 2.29. The Bertz CT molecular complexity index is 524. The Balaban J connectivity index is 2.65. The molecule has 0 N–H and O–H groups in total. The average Bonchev–Trinajstić information content (AvgIpc) is 2.74. The van der Waals surface area contributed by atoms with E-state index in [-0.39, 0.29) is 6.10 Å². The topological polar surface area (TPSA) is 33.0 Å². The average molecular weight is 217 g/mol. The third kappa shape index (κ3) is 1.74. The number of hydrogen-bond donors (Lipinski definition) is 0. The van der Waals surface area contributed by atoms with Crippen molar-refractivity contribution in [1.82, 2.24) is 0 Å². The van der Waals surface area contributed by atoms with E-state index in [1.165, 1.54) is 0 Å². The number of methoxy groups -OCH3 is 1. The SMILES string of the molecule is COC(C)c1cc(C#N)c2sccc2c1. The van der Waals surface area contributed by atoms with Gasteiger partial charge in [0.05, 0.1) is 16.4 Å². The lowest BCUT2D eigenvalue weighted by molar-refractivity contribution is 0.119. The smallest absolute Gasteiger partial charge is 0.101 e. The predicted octanol–water partition coefficient (Wildman–Crippen LogP) is 3.48. The van der Waals surface area contributed by atoms with Crippen LogP contribution in [0.1, 0.15) is 24.2 Å². The molecule has 0 saturated carbocycles. The zero-order valence-corrected chi connectivity index (χ0v) is 9.47. The van der Waals surface area contributed by atoms with Crippen LogP contribution < -0.4 is 0 Å². The minimum atomic E-state index is 0.0291. The van der Waals surface area contributed by atoms with Gasteiger partial charge in [-0.25, -0.2) is 0 Å². The number of benzene rings is 1. The molecule has 15 heavy (non-hydrogen) atoms. The molecule has 0 amide bonds. The van der Waals surface area contributed by atoms with Gasteiger partial charge in [0.2, 0.25) is 0 Å². The van der Waals surface area contributed by atoms with Crippen molar-refractivity contribution in [3.05, 3.63) is 34.7 Å². The van der Waals surface area contributed by atoms with E-state index in [1.807, 2.05) is 24.4 Å². The van der Waals surface area contributed by atoms with E-state index in [4.69, 9.17) is 10.00 Å². The van der Waals surface area contributed by atoms with E-state index in [9.17, 15) is 0 Å². The Kier molecular flexibility index (Phi) is 2.72. The van der Waals surface area contributed by atoms with E-state index in [0.717, 1.165) is 21.2 Å². The lowest BCUT2D eigenvalue weighted by Gasteiger charge is -2.10. The molecule has 0 aliphatic rings. The summed E-state index contributed by atoms with van der Waals surface area (Å²) in [5, 5.41) is 12.2. The Labute approximate surface area is 92.7 Å². The first-order valence-corrected chi connectivity index (χ1v) is 5.58. The van der Waals surface area contributed by atoms with Crippen LogP contribution in [0.25, 0.3) is 10.1 Å². The van der Waals surface area contributed by atoms with Gasteiger partial charge in [-0.2, -0.15) is 5.26 Å². The number of hydrogen-bond acceptors (Lipinski definition) is 3. The van der Waals surface area contributed by atoms with Crippen LogP contribution in [0.4, 0.5) is 0 Å². The molecule has 0 radical (unpaired) electrons. The Hall–Kier alpha value is -1.37. The van der Waals surface area contributed by atoms with Gasteiger partial charge in [0, 0.05) is 7.11 Å². The third-order valence-electron chi connectivity index (χ3n) is 2.52. The van der Waals surface area contributed by atoms with Crippen LogP contribution in [-0.4, -0.2) is 7.11 Å². The quantitative estimate of drug-likeness (QED) is 0.771. The highest BCUT2D eigenvalue weighted by Gasteiger charge is 2.09. The molecule has 0 aliphatic carbocycles. The molecule has 1 atom stereocenters. The largest absolute Gasteiger partial charge is 0.377 e. The molecular weight excluding hydrogens is 206 g/mol. The Morgan fingerprint density at radius 3 is 2.93 bits per heavy atom. The van der Waals surface area contributed by atoms with Crippen molar-refractivity contribution in [2.24, 2.45) is 0 Å². The molecule has 0 saturated heterocycles. The van der Waals surface area contributed by atoms with Gasteiger partial charge in [-0.1, -0.05) is 0 Å². The molecule has 76 valence electrons. The molecular formula is C12H11NOS. The van der Waals surface area contributed by atoms with Crippen molar-refractivity contribution >= 4 is 21.4 Å². The van der Waals surface area contributed by atoms with Crippen molar-refractivity contribution in [2.75, 3.05) is 7.11 Å². The van der Waals surface area contributed by atoms with Crippen molar-refractivity contribution in [3.8, 4) is 6.07 Å². The van der Waals surface area contributed by atoms with Crippen LogP contribution in [0.15, 0.2) is 23.6 Å².